The lowest BCUT2D eigenvalue weighted by molar-refractivity contribution is -0.148. The number of nitrogens with two attached hydrogens (primary N) is 1. The van der Waals surface area contributed by atoms with E-state index < -0.39 is 109 Å². The van der Waals surface area contributed by atoms with Gasteiger partial charge in [-0.25, -0.2) is 18.5 Å². The van der Waals surface area contributed by atoms with Crippen LogP contribution in [0.15, 0.2) is 11.0 Å². The van der Waals surface area contributed by atoms with E-state index in [1.54, 1.807) is 0 Å². The fourth-order valence-electron chi connectivity index (χ4n) is 5.36. The highest BCUT2D eigenvalue weighted by atomic mass is 33.1. The summed E-state index contributed by atoms with van der Waals surface area (Å²) in [5.41, 5.74) is 5.08. The van der Waals surface area contributed by atoms with Crippen LogP contribution in [0.3, 0.4) is 0 Å². The van der Waals surface area contributed by atoms with Crippen molar-refractivity contribution >= 4 is 97.7 Å². The Hall–Kier alpha value is -4.37. The predicted octanol–water partition coefficient (Wildman–Crippen LogP) is -1.29. The Bertz CT molecular complexity index is 2330. The zero-order valence-corrected chi connectivity index (χ0v) is 37.0. The van der Waals surface area contributed by atoms with E-state index in [1.807, 2.05) is 5.32 Å². The number of aromatic nitrogens is 3. The Morgan fingerprint density at radius 2 is 1.59 bits per heavy atom. The Morgan fingerprint density at radius 1 is 0.938 bits per heavy atom. The Kier molecular flexibility index (Phi) is 20.4. The second kappa shape index (κ2) is 24.2. The number of phosphoric acid groups is 3. The van der Waals surface area contributed by atoms with Crippen molar-refractivity contribution in [2.75, 3.05) is 30.4 Å². The third kappa shape index (κ3) is 18.6. The minimum absolute atomic E-state index is 0.0458. The zero-order chi connectivity index (χ0) is 48.0. The number of carboxylic acid groups (broad SMARTS) is 3. The number of carbonyl (C=O) groups is 6. The maximum atomic E-state index is 12.9. The van der Waals surface area contributed by atoms with Crippen molar-refractivity contribution in [1.82, 2.24) is 30.5 Å². The van der Waals surface area contributed by atoms with Crippen molar-refractivity contribution in [3.8, 4) is 11.8 Å². The van der Waals surface area contributed by atoms with Crippen LogP contribution in [-0.4, -0.2) is 139 Å². The van der Waals surface area contributed by atoms with Crippen LogP contribution in [0.1, 0.15) is 56.7 Å². The summed E-state index contributed by atoms with van der Waals surface area (Å²) in [6.07, 6.45) is -3.81. The highest BCUT2D eigenvalue weighted by Gasteiger charge is 2.43. The number of hydrogen-bond donors (Lipinski definition) is 13. The number of H-pyrrole nitrogens is 1. The number of aliphatic hydroxyl groups is 1. The van der Waals surface area contributed by atoms with Crippen molar-refractivity contribution in [2.45, 2.75) is 75.5 Å². The molecular formula is C30H42N7O22P3S2. The number of nitrogens with zero attached hydrogens (tertiary/aromatic N) is 2. The van der Waals surface area contributed by atoms with Crippen molar-refractivity contribution in [1.29, 1.82) is 0 Å². The molecule has 7 atom stereocenters. The monoisotopic (exact) mass is 1010 g/mol. The van der Waals surface area contributed by atoms with Gasteiger partial charge in [-0.05, 0) is 12.8 Å². The van der Waals surface area contributed by atoms with Gasteiger partial charge in [0.25, 0.3) is 5.56 Å². The van der Waals surface area contributed by atoms with Crippen molar-refractivity contribution < 1.29 is 100 Å². The molecule has 1 fully saturated rings. The Morgan fingerprint density at radius 3 is 2.23 bits per heavy atom. The van der Waals surface area contributed by atoms with Gasteiger partial charge < -0.3 is 71.0 Å². The first-order chi connectivity index (χ1) is 29.8. The van der Waals surface area contributed by atoms with E-state index in [4.69, 9.17) is 35.6 Å². The average molecular weight is 1010 g/mol. The molecule has 7 unspecified atom stereocenters. The molecule has 2 aromatic rings. The van der Waals surface area contributed by atoms with Crippen LogP contribution >= 0.6 is 45.1 Å². The number of nitrogen functional groups attached to an aromatic ring is 1. The van der Waals surface area contributed by atoms with E-state index in [9.17, 15) is 62.2 Å². The lowest BCUT2D eigenvalue weighted by atomic mass is 10.1. The molecular weight excluding hydrogens is 967 g/mol. The molecule has 1 aliphatic heterocycles. The lowest BCUT2D eigenvalue weighted by Gasteiger charge is -2.19. The summed E-state index contributed by atoms with van der Waals surface area (Å²) in [5.74, 6) is -0.765. The first-order valence-electron chi connectivity index (χ1n) is 18.0. The first kappa shape index (κ1) is 54.0. The number of aliphatic carboxylic acids is 3. The van der Waals surface area contributed by atoms with Crippen molar-refractivity contribution in [3.05, 3.63) is 22.1 Å². The van der Waals surface area contributed by atoms with E-state index >= 15 is 0 Å². The summed E-state index contributed by atoms with van der Waals surface area (Å²) in [6.45, 7) is -1.10. The van der Waals surface area contributed by atoms with Gasteiger partial charge in [0.05, 0.1) is 43.0 Å². The van der Waals surface area contributed by atoms with Crippen LogP contribution in [0.2, 0.25) is 0 Å². The quantitative estimate of drug-likeness (QED) is 0.0226. The topological polar surface area (TPSA) is 465 Å². The minimum atomic E-state index is -5.80. The Labute approximate surface area is 367 Å². The number of amides is 3. The molecule has 3 rings (SSSR count). The molecule has 34 heteroatoms. The molecule has 0 aliphatic carbocycles. The largest absolute Gasteiger partial charge is 0.490 e. The summed E-state index contributed by atoms with van der Waals surface area (Å²) in [7, 11) is -14.2. The number of carbonyl (C=O) groups excluding carboxylic acids is 3. The number of aromatic amines is 1. The molecule has 0 spiro atoms. The molecule has 2 aromatic heterocycles. The second-order valence-corrected chi connectivity index (χ2v) is 20.2. The maximum absolute atomic E-state index is 12.9. The molecule has 0 aromatic carbocycles. The van der Waals surface area contributed by atoms with E-state index in [2.05, 4.69) is 45.6 Å². The van der Waals surface area contributed by atoms with Gasteiger partial charge in [-0.2, -0.15) is 13.6 Å². The normalized spacial score (nSPS) is 19.0. The van der Waals surface area contributed by atoms with Crippen LogP contribution in [0.25, 0.3) is 11.0 Å². The number of anilines is 1. The smallest absolute Gasteiger partial charge is 0.481 e. The summed E-state index contributed by atoms with van der Waals surface area (Å²) in [6, 6.07) is -3.48. The molecule has 356 valence electrons. The van der Waals surface area contributed by atoms with Crippen LogP contribution in [0, 0.1) is 11.8 Å². The van der Waals surface area contributed by atoms with Gasteiger partial charge in [0.1, 0.15) is 24.4 Å². The predicted molar refractivity (Wildman–Crippen MR) is 218 cm³/mol. The van der Waals surface area contributed by atoms with E-state index in [-0.39, 0.29) is 54.3 Å². The maximum Gasteiger partial charge on any atom is 0.490 e. The lowest BCUT2D eigenvalue weighted by Crippen LogP contribution is -2.52. The third-order valence-corrected chi connectivity index (χ3v) is 14.3. The summed E-state index contributed by atoms with van der Waals surface area (Å²) in [4.78, 5) is 126. The molecule has 0 saturated carbocycles. The van der Waals surface area contributed by atoms with Crippen molar-refractivity contribution in [2.24, 2.45) is 0 Å². The van der Waals surface area contributed by atoms with Gasteiger partial charge in [-0.1, -0.05) is 33.4 Å². The number of ether oxygens (including phenoxy) is 1. The summed E-state index contributed by atoms with van der Waals surface area (Å²) in [5, 5.41) is 44.3. The van der Waals surface area contributed by atoms with Crippen LogP contribution in [0.4, 0.5) is 5.95 Å². The fourth-order valence-corrected chi connectivity index (χ4v) is 10.5. The standard InChI is InChI=1S/C30H42N7O22P3S2/c31-30-35-26-25(28(46)36-30)15(13-37(26)22-12-18(38)19(57-22)14-56-61(52,53)59-62(54,55)58-60(49,50)51)4-3-7-32-20(39)6-9-64-63-8-2-1-5-21(40)33-16(10-23(41)42)27(45)34-17(29(47)48)11-24(43)44/h13,16-19,22,38H,1-2,5-12,14H2,(H,32,39)(H,33,40)(H,34,45)(H,41,42)(H,43,44)(H,47,48)(H,52,53)(H,54,55)(H2,49,50,51)(H3,31,35,36,46). The molecule has 0 bridgehead atoms. The number of aliphatic hydroxyl groups excluding tert-OH is 1. The van der Waals surface area contributed by atoms with Gasteiger partial charge in [-0.15, -0.1) is 0 Å². The number of unbranched alkanes of at least 4 members (excludes halogenated alkanes) is 1. The van der Waals surface area contributed by atoms with E-state index in [1.165, 1.54) is 32.4 Å². The number of nitrogens with one attached hydrogen (secondary N) is 4. The number of fused-ring (bicyclic) bond motifs is 1. The fraction of sp³-hybridized carbons (Fsp3) is 0.533. The summed E-state index contributed by atoms with van der Waals surface area (Å²) >= 11 is 0. The molecule has 29 nitrogen and oxygen atoms in total. The molecule has 3 amide bonds. The van der Waals surface area contributed by atoms with E-state index in [0.717, 1.165) is 0 Å². The van der Waals surface area contributed by atoms with Gasteiger partial charge in [0.15, 0.2) is 5.65 Å². The van der Waals surface area contributed by atoms with Crippen LogP contribution < -0.4 is 27.2 Å². The molecule has 64 heavy (non-hydrogen) atoms. The van der Waals surface area contributed by atoms with Crippen LogP contribution in [-0.2, 0) is 60.3 Å². The summed E-state index contributed by atoms with van der Waals surface area (Å²) < 4.78 is 53.4. The first-order valence-corrected chi connectivity index (χ1v) is 25.0. The number of rotatable bonds is 26. The van der Waals surface area contributed by atoms with Crippen LogP contribution in [0.5, 0.6) is 0 Å². The third-order valence-electron chi connectivity index (χ3n) is 8.03. The van der Waals surface area contributed by atoms with Gasteiger partial charge in [-0.3, -0.25) is 38.3 Å². The highest BCUT2D eigenvalue weighted by Crippen LogP contribution is 2.66. The number of carboxylic acids is 3. The molecule has 1 saturated heterocycles. The number of phosphoric ester groups is 1. The molecule has 1 aliphatic rings. The average Bonchev–Trinajstić information content (AvgIpc) is 3.70. The molecule has 14 N–H and O–H groups in total. The Balaban J connectivity index is 1.44. The SMILES string of the molecule is Nc1nc2c(c(C#CCNC(=O)CCSSCCCCC(=O)NC(CC(=O)O)C(=O)NC(CC(=O)O)C(=O)O)cn2C2CC(O)C(COP(=O)(O)OP(=O)(O)OP(=O)(O)O)O2)c(=O)[nH]1. The zero-order valence-electron chi connectivity index (χ0n) is 32.7. The minimum Gasteiger partial charge on any atom is -0.481 e. The van der Waals surface area contributed by atoms with Crippen molar-refractivity contribution in [3.63, 3.8) is 0 Å². The molecule has 0 radical (unpaired) electrons. The van der Waals surface area contributed by atoms with Gasteiger partial charge in [0.2, 0.25) is 23.7 Å². The van der Waals surface area contributed by atoms with E-state index in [0.29, 0.717) is 24.3 Å². The second-order valence-electron chi connectivity index (χ2n) is 13.1. The van der Waals surface area contributed by atoms with Gasteiger partial charge in [0, 0.05) is 37.0 Å². The highest BCUT2D eigenvalue weighted by molar-refractivity contribution is 8.76. The molecule has 3 heterocycles. The van der Waals surface area contributed by atoms with Gasteiger partial charge >= 0.3 is 41.4 Å². The number of hydrogen-bond acceptors (Lipinski definition) is 19.